The van der Waals surface area contributed by atoms with Crippen LogP contribution in [0.15, 0.2) is 54.7 Å². The van der Waals surface area contributed by atoms with E-state index < -0.39 is 6.23 Å². The molecule has 1 saturated heterocycles. The van der Waals surface area contributed by atoms with E-state index in [9.17, 15) is 5.11 Å². The molecule has 0 saturated carbocycles. The van der Waals surface area contributed by atoms with Gasteiger partial charge in [0.15, 0.2) is 11.5 Å². The van der Waals surface area contributed by atoms with Crippen molar-refractivity contribution >= 4 is 0 Å². The van der Waals surface area contributed by atoms with Gasteiger partial charge in [-0.15, -0.1) is 0 Å². The van der Waals surface area contributed by atoms with Crippen molar-refractivity contribution < 1.29 is 14.6 Å². The molecule has 1 aromatic carbocycles. The number of likely N-dealkylation sites (tertiary alicyclic amines) is 1. The molecule has 0 bridgehead atoms. The van der Waals surface area contributed by atoms with Gasteiger partial charge in [-0.1, -0.05) is 36.9 Å². The van der Waals surface area contributed by atoms with E-state index in [2.05, 4.69) is 29.7 Å². The zero-order chi connectivity index (χ0) is 18.4. The topological polar surface area (TPSA) is 41.9 Å². The number of hydrogen-bond acceptors (Lipinski definition) is 4. The maximum Gasteiger partial charge on any atom is 0.231 e. The van der Waals surface area contributed by atoms with Gasteiger partial charge in [-0.2, -0.15) is 0 Å². The molecular formula is C22H29NO3. The molecule has 0 amide bonds. The van der Waals surface area contributed by atoms with E-state index in [1.165, 1.54) is 5.57 Å². The number of rotatable bonds is 6. The van der Waals surface area contributed by atoms with E-state index >= 15 is 0 Å². The molecule has 4 nitrogen and oxygen atoms in total. The van der Waals surface area contributed by atoms with Crippen LogP contribution in [0.4, 0.5) is 0 Å². The van der Waals surface area contributed by atoms with E-state index in [4.69, 9.17) is 9.47 Å². The SMILES string of the molecule is C=CC(=CCC=CC)C1CCCN(C(O)c2ccc3c(c2)OCO3)CC1. The minimum Gasteiger partial charge on any atom is -0.454 e. The molecule has 1 aromatic rings. The lowest BCUT2D eigenvalue weighted by Crippen LogP contribution is -2.29. The van der Waals surface area contributed by atoms with Crippen LogP contribution in [0.3, 0.4) is 0 Å². The minimum atomic E-state index is -0.609. The highest BCUT2D eigenvalue weighted by Gasteiger charge is 2.25. The molecule has 0 aliphatic carbocycles. The van der Waals surface area contributed by atoms with Gasteiger partial charge < -0.3 is 14.6 Å². The van der Waals surface area contributed by atoms with Gasteiger partial charge in [0.2, 0.25) is 6.79 Å². The highest BCUT2D eigenvalue weighted by atomic mass is 16.7. The molecule has 3 rings (SSSR count). The van der Waals surface area contributed by atoms with Crippen molar-refractivity contribution in [3.63, 3.8) is 0 Å². The van der Waals surface area contributed by atoms with Crippen LogP contribution in [0.25, 0.3) is 0 Å². The summed E-state index contributed by atoms with van der Waals surface area (Å²) in [5.74, 6) is 1.99. The van der Waals surface area contributed by atoms with Crippen molar-refractivity contribution in [1.29, 1.82) is 0 Å². The Kier molecular flexibility index (Phi) is 6.53. The van der Waals surface area contributed by atoms with Gasteiger partial charge in [-0.3, -0.25) is 4.90 Å². The predicted octanol–water partition coefficient (Wildman–Crippen LogP) is 4.59. The summed E-state index contributed by atoms with van der Waals surface area (Å²) in [6.07, 6.45) is 12.1. The summed E-state index contributed by atoms with van der Waals surface area (Å²) in [5.41, 5.74) is 2.20. The molecule has 0 spiro atoms. The lowest BCUT2D eigenvalue weighted by Gasteiger charge is -2.27. The van der Waals surface area contributed by atoms with Crippen LogP contribution < -0.4 is 9.47 Å². The summed E-state index contributed by atoms with van der Waals surface area (Å²) in [6.45, 7) is 8.06. The van der Waals surface area contributed by atoms with Gasteiger partial charge >= 0.3 is 0 Å². The van der Waals surface area contributed by atoms with Crippen molar-refractivity contribution in [3.8, 4) is 11.5 Å². The second-order valence-corrected chi connectivity index (χ2v) is 6.86. The second kappa shape index (κ2) is 9.06. The van der Waals surface area contributed by atoms with Gasteiger partial charge in [0.1, 0.15) is 6.23 Å². The van der Waals surface area contributed by atoms with Crippen molar-refractivity contribution in [1.82, 2.24) is 4.90 Å². The summed E-state index contributed by atoms with van der Waals surface area (Å²) in [7, 11) is 0. The number of aliphatic hydroxyl groups excluding tert-OH is 1. The minimum absolute atomic E-state index is 0.254. The first-order valence-electron chi connectivity index (χ1n) is 9.48. The molecule has 2 atom stereocenters. The Morgan fingerprint density at radius 1 is 1.31 bits per heavy atom. The van der Waals surface area contributed by atoms with Gasteiger partial charge in [0.05, 0.1) is 0 Å². The van der Waals surface area contributed by atoms with Crippen LogP contribution in [0.1, 0.15) is 44.4 Å². The van der Waals surface area contributed by atoms with E-state index in [1.54, 1.807) is 0 Å². The van der Waals surface area contributed by atoms with Crippen LogP contribution in [-0.4, -0.2) is 29.9 Å². The van der Waals surface area contributed by atoms with Gasteiger partial charge in [-0.25, -0.2) is 0 Å². The summed E-state index contributed by atoms with van der Waals surface area (Å²) in [5, 5.41) is 10.8. The van der Waals surface area contributed by atoms with Gasteiger partial charge in [-0.05, 0) is 61.8 Å². The summed E-state index contributed by atoms with van der Waals surface area (Å²) < 4.78 is 10.8. The number of ether oxygens (including phenoxy) is 2. The van der Waals surface area contributed by atoms with Crippen LogP contribution >= 0.6 is 0 Å². The fourth-order valence-electron chi connectivity index (χ4n) is 3.74. The molecule has 2 aliphatic rings. The molecule has 2 unspecified atom stereocenters. The molecule has 140 valence electrons. The third-order valence-corrected chi connectivity index (χ3v) is 5.24. The van der Waals surface area contributed by atoms with Crippen molar-refractivity contribution in [3.05, 3.63) is 60.2 Å². The number of fused-ring (bicyclic) bond motifs is 1. The Morgan fingerprint density at radius 2 is 2.15 bits per heavy atom. The Hall–Kier alpha value is -2.04. The lowest BCUT2D eigenvalue weighted by atomic mass is 9.91. The fraction of sp³-hybridized carbons (Fsp3) is 0.455. The highest BCUT2D eigenvalue weighted by molar-refractivity contribution is 5.45. The molecule has 26 heavy (non-hydrogen) atoms. The van der Waals surface area contributed by atoms with Crippen molar-refractivity contribution in [2.75, 3.05) is 19.9 Å². The predicted molar refractivity (Wildman–Crippen MR) is 104 cm³/mol. The van der Waals surface area contributed by atoms with Gasteiger partial charge in [0, 0.05) is 13.1 Å². The molecule has 2 aliphatic heterocycles. The summed E-state index contributed by atoms with van der Waals surface area (Å²) in [4.78, 5) is 2.16. The standard InChI is InChI=1S/C22H29NO3/c1-3-5-6-8-17(4-2)18-9-7-13-23(14-12-18)22(24)19-10-11-20-21(15-19)26-16-25-20/h3-5,8,10-11,15,18,22,24H,2,6-7,9,12-14,16H2,1H3. The maximum atomic E-state index is 10.8. The first-order valence-corrected chi connectivity index (χ1v) is 9.48. The number of allylic oxidation sites excluding steroid dienone is 5. The highest BCUT2D eigenvalue weighted by Crippen LogP contribution is 2.36. The fourth-order valence-corrected chi connectivity index (χ4v) is 3.74. The van der Waals surface area contributed by atoms with E-state index in [0.717, 1.165) is 55.8 Å². The Bertz CT molecular complexity index is 680. The Morgan fingerprint density at radius 3 is 2.96 bits per heavy atom. The molecular weight excluding hydrogens is 326 g/mol. The summed E-state index contributed by atoms with van der Waals surface area (Å²) in [6, 6.07) is 5.69. The molecule has 0 aromatic heterocycles. The molecule has 1 N–H and O–H groups in total. The average molecular weight is 355 g/mol. The van der Waals surface area contributed by atoms with Crippen LogP contribution in [0.2, 0.25) is 0 Å². The normalized spacial score (nSPS) is 22.4. The number of hydrogen-bond donors (Lipinski definition) is 1. The zero-order valence-corrected chi connectivity index (χ0v) is 15.6. The van der Waals surface area contributed by atoms with E-state index in [1.807, 2.05) is 31.2 Å². The maximum absolute atomic E-state index is 10.8. The summed E-state index contributed by atoms with van der Waals surface area (Å²) >= 11 is 0. The second-order valence-electron chi connectivity index (χ2n) is 6.86. The van der Waals surface area contributed by atoms with E-state index in [-0.39, 0.29) is 6.79 Å². The lowest BCUT2D eigenvalue weighted by molar-refractivity contribution is 0.00354. The number of aliphatic hydroxyl groups is 1. The van der Waals surface area contributed by atoms with E-state index in [0.29, 0.717) is 5.92 Å². The number of benzene rings is 1. The molecule has 0 radical (unpaired) electrons. The average Bonchev–Trinajstić information content (AvgIpc) is 3.00. The largest absolute Gasteiger partial charge is 0.454 e. The smallest absolute Gasteiger partial charge is 0.231 e. The number of nitrogens with zero attached hydrogens (tertiary/aromatic N) is 1. The Labute approximate surface area is 156 Å². The third kappa shape index (κ3) is 4.37. The first kappa shape index (κ1) is 18.7. The molecule has 4 heteroatoms. The Balaban J connectivity index is 1.64. The quantitative estimate of drug-likeness (QED) is 0.599. The van der Waals surface area contributed by atoms with Crippen LogP contribution in [0, 0.1) is 5.92 Å². The van der Waals surface area contributed by atoms with Crippen molar-refractivity contribution in [2.45, 2.75) is 38.8 Å². The molecule has 2 heterocycles. The van der Waals surface area contributed by atoms with Crippen molar-refractivity contribution in [2.24, 2.45) is 5.92 Å². The first-order chi connectivity index (χ1) is 12.7. The van der Waals surface area contributed by atoms with Gasteiger partial charge in [0.25, 0.3) is 0 Å². The van der Waals surface area contributed by atoms with Crippen LogP contribution in [-0.2, 0) is 0 Å². The zero-order valence-electron chi connectivity index (χ0n) is 15.6. The third-order valence-electron chi connectivity index (χ3n) is 5.24. The monoisotopic (exact) mass is 355 g/mol. The molecule has 1 fully saturated rings. The van der Waals surface area contributed by atoms with Crippen LogP contribution in [0.5, 0.6) is 11.5 Å².